The fraction of sp³-hybridized carbons (Fsp3) is 0.615. The third-order valence-electron chi connectivity index (χ3n) is 4.33. The van der Waals surface area contributed by atoms with Crippen molar-refractivity contribution in [3.63, 3.8) is 0 Å². The summed E-state index contributed by atoms with van der Waals surface area (Å²) in [5, 5.41) is 19.4. The van der Waals surface area contributed by atoms with Crippen LogP contribution >= 0.6 is 0 Å². The number of nitriles is 2. The summed E-state index contributed by atoms with van der Waals surface area (Å²) in [6.45, 7) is 2.63. The number of hydrogen-bond acceptors (Lipinski definition) is 6. The van der Waals surface area contributed by atoms with E-state index in [0.29, 0.717) is 26.1 Å². The van der Waals surface area contributed by atoms with Gasteiger partial charge < -0.3 is 15.2 Å². The van der Waals surface area contributed by atoms with Gasteiger partial charge in [0.15, 0.2) is 5.41 Å². The molecule has 3 rings (SSSR count). The summed E-state index contributed by atoms with van der Waals surface area (Å²) >= 11 is 0. The molecule has 6 nitrogen and oxygen atoms in total. The zero-order valence-electron chi connectivity index (χ0n) is 10.6. The minimum absolute atomic E-state index is 0.144. The van der Waals surface area contributed by atoms with Crippen molar-refractivity contribution in [1.82, 2.24) is 0 Å². The van der Waals surface area contributed by atoms with E-state index < -0.39 is 16.7 Å². The summed E-state index contributed by atoms with van der Waals surface area (Å²) in [5.41, 5.74) is 4.67. The normalized spacial score (nSPS) is 39.1. The number of amidine groups is 1. The Morgan fingerprint density at radius 2 is 2.00 bits per heavy atom. The monoisotopic (exact) mass is 258 g/mol. The molecule has 0 aromatic heterocycles. The molecule has 3 aliphatic rings. The Bertz CT molecular complexity index is 576. The molecule has 19 heavy (non-hydrogen) atoms. The van der Waals surface area contributed by atoms with Crippen LogP contribution in [0.3, 0.4) is 0 Å². The van der Waals surface area contributed by atoms with Crippen molar-refractivity contribution in [2.24, 2.45) is 21.6 Å². The number of rotatable bonds is 0. The van der Waals surface area contributed by atoms with Crippen LogP contribution in [0.1, 0.15) is 19.8 Å². The van der Waals surface area contributed by atoms with Gasteiger partial charge in [-0.25, -0.2) is 4.99 Å². The van der Waals surface area contributed by atoms with Crippen LogP contribution in [0.4, 0.5) is 0 Å². The van der Waals surface area contributed by atoms with Crippen LogP contribution in [-0.2, 0) is 9.47 Å². The van der Waals surface area contributed by atoms with Crippen molar-refractivity contribution in [3.05, 3.63) is 11.6 Å². The Hall–Kier alpha value is -1.89. The molecule has 1 aliphatic carbocycles. The average molecular weight is 258 g/mol. The van der Waals surface area contributed by atoms with Gasteiger partial charge in [-0.2, -0.15) is 10.5 Å². The Morgan fingerprint density at radius 3 is 2.58 bits per heavy atom. The highest BCUT2D eigenvalue weighted by molar-refractivity contribution is 5.94. The fourth-order valence-corrected chi connectivity index (χ4v) is 3.32. The van der Waals surface area contributed by atoms with E-state index in [1.807, 2.05) is 13.0 Å². The molecule has 0 saturated carbocycles. The van der Waals surface area contributed by atoms with E-state index in [-0.39, 0.29) is 5.84 Å². The standard InChI is InChI=1S/C13H14N4O2/c1-9-2-3-12(8-15)11(6-9,7-14)10(16)17-13(12)18-4-5-19-13/h2H,3-6H2,1H3,(H2,16,17)/t11-,12+/m0/s1. The highest BCUT2D eigenvalue weighted by Gasteiger charge is 2.74. The van der Waals surface area contributed by atoms with Gasteiger partial charge in [0.25, 0.3) is 5.91 Å². The number of hydrogen-bond donors (Lipinski definition) is 1. The quantitative estimate of drug-likeness (QED) is 0.647. The zero-order valence-corrected chi connectivity index (χ0v) is 10.6. The molecule has 6 heteroatoms. The van der Waals surface area contributed by atoms with Gasteiger partial charge in [-0.3, -0.25) is 0 Å². The minimum atomic E-state index is -1.42. The number of nitrogens with two attached hydrogens (primary N) is 1. The Balaban J connectivity index is 2.26. The number of aliphatic imine (C=N–C) groups is 1. The van der Waals surface area contributed by atoms with Crippen LogP contribution in [0.2, 0.25) is 0 Å². The molecule has 0 radical (unpaired) electrons. The molecule has 2 atom stereocenters. The topological polar surface area (TPSA) is 104 Å². The maximum Gasteiger partial charge on any atom is 0.293 e. The van der Waals surface area contributed by atoms with E-state index in [4.69, 9.17) is 15.2 Å². The zero-order chi connectivity index (χ0) is 13.7. The highest BCUT2D eigenvalue weighted by atomic mass is 16.8. The largest absolute Gasteiger partial charge is 0.386 e. The van der Waals surface area contributed by atoms with Crippen molar-refractivity contribution in [3.8, 4) is 12.1 Å². The second kappa shape index (κ2) is 3.57. The van der Waals surface area contributed by atoms with Gasteiger partial charge in [0.05, 0.1) is 25.4 Å². The highest BCUT2D eigenvalue weighted by Crippen LogP contribution is 2.62. The maximum atomic E-state index is 9.76. The molecule has 0 aromatic rings. The number of nitrogens with zero attached hydrogens (tertiary/aromatic N) is 3. The third kappa shape index (κ3) is 1.14. The van der Waals surface area contributed by atoms with Gasteiger partial charge in [-0.05, 0) is 19.8 Å². The van der Waals surface area contributed by atoms with Crippen molar-refractivity contribution in [2.75, 3.05) is 13.2 Å². The van der Waals surface area contributed by atoms with Gasteiger partial charge in [-0.1, -0.05) is 11.6 Å². The smallest absolute Gasteiger partial charge is 0.293 e. The van der Waals surface area contributed by atoms with E-state index in [1.165, 1.54) is 0 Å². The van der Waals surface area contributed by atoms with Gasteiger partial charge in [0.2, 0.25) is 0 Å². The van der Waals surface area contributed by atoms with E-state index in [0.717, 1.165) is 5.57 Å². The summed E-state index contributed by atoms with van der Waals surface area (Å²) in [4.78, 5) is 4.26. The lowest BCUT2D eigenvalue weighted by molar-refractivity contribution is -0.220. The number of allylic oxidation sites excluding steroid dienone is 2. The molecule has 0 unspecified atom stereocenters. The van der Waals surface area contributed by atoms with Crippen LogP contribution in [0.5, 0.6) is 0 Å². The molecular weight excluding hydrogens is 244 g/mol. The van der Waals surface area contributed by atoms with Crippen LogP contribution in [-0.4, -0.2) is 25.0 Å². The molecule has 0 bridgehead atoms. The lowest BCUT2D eigenvalue weighted by Crippen LogP contribution is -2.56. The van der Waals surface area contributed by atoms with Gasteiger partial charge in [0.1, 0.15) is 11.3 Å². The molecule has 2 aliphatic heterocycles. The first kappa shape index (κ1) is 12.2. The molecule has 0 amide bonds. The van der Waals surface area contributed by atoms with Crippen LogP contribution in [0.15, 0.2) is 16.6 Å². The summed E-state index contributed by atoms with van der Waals surface area (Å²) in [6.07, 6.45) is 2.69. The van der Waals surface area contributed by atoms with Crippen LogP contribution in [0.25, 0.3) is 0 Å². The molecule has 1 fully saturated rings. The summed E-state index contributed by atoms with van der Waals surface area (Å²) in [5.74, 6) is -1.27. The number of fused-ring (bicyclic) bond motifs is 2. The predicted octanol–water partition coefficient (Wildman–Crippen LogP) is 0.818. The Morgan fingerprint density at radius 1 is 1.32 bits per heavy atom. The maximum absolute atomic E-state index is 9.76. The predicted molar refractivity (Wildman–Crippen MR) is 65.3 cm³/mol. The van der Waals surface area contributed by atoms with E-state index in [1.54, 1.807) is 0 Å². The summed E-state index contributed by atoms with van der Waals surface area (Å²) < 4.78 is 11.2. The van der Waals surface area contributed by atoms with Crippen molar-refractivity contribution >= 4 is 5.84 Å². The average Bonchev–Trinajstić information content (AvgIpc) is 2.95. The van der Waals surface area contributed by atoms with Crippen LogP contribution in [0, 0.1) is 33.5 Å². The first-order valence-electron chi connectivity index (χ1n) is 6.18. The van der Waals surface area contributed by atoms with E-state index in [2.05, 4.69) is 17.1 Å². The van der Waals surface area contributed by atoms with E-state index in [9.17, 15) is 10.5 Å². The second-order valence-corrected chi connectivity index (χ2v) is 5.24. The Labute approximate surface area is 111 Å². The molecule has 2 heterocycles. The molecular formula is C13H14N4O2. The van der Waals surface area contributed by atoms with Gasteiger partial charge >= 0.3 is 0 Å². The molecule has 1 saturated heterocycles. The van der Waals surface area contributed by atoms with Crippen LogP contribution < -0.4 is 5.73 Å². The second-order valence-electron chi connectivity index (χ2n) is 5.24. The van der Waals surface area contributed by atoms with Crippen molar-refractivity contribution in [1.29, 1.82) is 10.5 Å². The van der Waals surface area contributed by atoms with Gasteiger partial charge in [0, 0.05) is 0 Å². The SMILES string of the molecule is CC1=CC[C@]2(C#N)C3(N=C(N)[C@@]2(C#N)C1)OCCO3. The first-order chi connectivity index (χ1) is 9.06. The van der Waals surface area contributed by atoms with E-state index >= 15 is 0 Å². The molecule has 98 valence electrons. The fourth-order valence-electron chi connectivity index (χ4n) is 3.32. The lowest BCUT2D eigenvalue weighted by atomic mass is 9.57. The third-order valence-corrected chi connectivity index (χ3v) is 4.33. The lowest BCUT2D eigenvalue weighted by Gasteiger charge is -2.43. The first-order valence-corrected chi connectivity index (χ1v) is 6.18. The van der Waals surface area contributed by atoms with Gasteiger partial charge in [-0.15, -0.1) is 0 Å². The molecule has 2 N–H and O–H groups in total. The molecule has 1 spiro atoms. The summed E-state index contributed by atoms with van der Waals surface area (Å²) in [6, 6.07) is 4.47. The number of ether oxygens (including phenoxy) is 2. The molecule has 0 aromatic carbocycles. The van der Waals surface area contributed by atoms with Crippen molar-refractivity contribution < 1.29 is 9.47 Å². The minimum Gasteiger partial charge on any atom is -0.386 e. The summed E-state index contributed by atoms with van der Waals surface area (Å²) in [7, 11) is 0. The Kier molecular flexibility index (Phi) is 2.28. The van der Waals surface area contributed by atoms with Crippen molar-refractivity contribution in [2.45, 2.75) is 25.7 Å².